The van der Waals surface area contributed by atoms with Crippen LogP contribution in [0, 0.1) is 5.92 Å². The molecule has 0 aromatic carbocycles. The summed E-state index contributed by atoms with van der Waals surface area (Å²) in [5, 5.41) is 8.84. The number of carboxylic acids is 1. The molecule has 1 aromatic rings. The summed E-state index contributed by atoms with van der Waals surface area (Å²) in [5.74, 6) is -0.171. The molecule has 0 spiro atoms. The lowest BCUT2D eigenvalue weighted by atomic mass is 9.89. The molecule has 3 heteroatoms. The van der Waals surface area contributed by atoms with Crippen LogP contribution in [0.5, 0.6) is 0 Å². The van der Waals surface area contributed by atoms with Crippen LogP contribution in [0.1, 0.15) is 38.2 Å². The van der Waals surface area contributed by atoms with E-state index in [0.29, 0.717) is 5.92 Å². The first-order valence-electron chi connectivity index (χ1n) is 5.21. The summed E-state index contributed by atoms with van der Waals surface area (Å²) < 4.78 is 0. The van der Waals surface area contributed by atoms with E-state index < -0.39 is 5.97 Å². The zero-order valence-electron chi connectivity index (χ0n) is 9.18. The Bertz CT molecular complexity index is 309. The smallest absolute Gasteiger partial charge is 0.303 e. The van der Waals surface area contributed by atoms with Crippen molar-refractivity contribution in [1.29, 1.82) is 0 Å². The van der Waals surface area contributed by atoms with Crippen molar-refractivity contribution in [3.8, 4) is 0 Å². The van der Waals surface area contributed by atoms with Crippen LogP contribution >= 0.6 is 0 Å². The fraction of sp³-hybridized carbons (Fsp3) is 0.500. The van der Waals surface area contributed by atoms with Crippen LogP contribution in [0.4, 0.5) is 0 Å². The minimum Gasteiger partial charge on any atom is -0.481 e. The van der Waals surface area contributed by atoms with E-state index in [1.165, 1.54) is 0 Å². The highest BCUT2D eigenvalue weighted by atomic mass is 16.4. The highest BCUT2D eigenvalue weighted by Crippen LogP contribution is 2.26. The third kappa shape index (κ3) is 4.11. The molecular weight excluding hydrogens is 190 g/mol. The van der Waals surface area contributed by atoms with Gasteiger partial charge in [-0.05, 0) is 29.9 Å². The molecule has 1 rings (SSSR count). The van der Waals surface area contributed by atoms with Gasteiger partial charge in [-0.25, -0.2) is 0 Å². The lowest BCUT2D eigenvalue weighted by molar-refractivity contribution is -0.137. The van der Waals surface area contributed by atoms with Gasteiger partial charge in [0.2, 0.25) is 0 Å². The van der Waals surface area contributed by atoms with Crippen LogP contribution in [0.25, 0.3) is 0 Å². The van der Waals surface area contributed by atoms with Crippen LogP contribution in [0.3, 0.4) is 0 Å². The summed E-state index contributed by atoms with van der Waals surface area (Å²) in [4.78, 5) is 14.8. The van der Waals surface area contributed by atoms with Crippen molar-refractivity contribution in [2.45, 2.75) is 32.6 Å². The number of aromatic nitrogens is 1. The molecule has 1 atom stereocenters. The third-order valence-electron chi connectivity index (χ3n) is 2.33. The van der Waals surface area contributed by atoms with Crippen molar-refractivity contribution in [2.75, 3.05) is 0 Å². The molecule has 0 saturated carbocycles. The standard InChI is InChI=1S/C12H17NO2/c1-9(2)6-11(7-12(14)15)10-4-3-5-13-8-10/h3-5,8-9,11H,6-7H2,1-2H3,(H,14,15)/t11-/m1/s1. The van der Waals surface area contributed by atoms with Crippen LogP contribution < -0.4 is 0 Å². The maximum Gasteiger partial charge on any atom is 0.303 e. The summed E-state index contributed by atoms with van der Waals surface area (Å²) in [5.41, 5.74) is 1.02. The van der Waals surface area contributed by atoms with Crippen molar-refractivity contribution >= 4 is 5.97 Å². The van der Waals surface area contributed by atoms with Gasteiger partial charge < -0.3 is 5.11 Å². The van der Waals surface area contributed by atoms with Gasteiger partial charge in [0, 0.05) is 12.4 Å². The monoisotopic (exact) mass is 207 g/mol. The van der Waals surface area contributed by atoms with Crippen molar-refractivity contribution in [2.24, 2.45) is 5.92 Å². The first kappa shape index (κ1) is 11.7. The molecule has 1 N–H and O–H groups in total. The van der Waals surface area contributed by atoms with Gasteiger partial charge in [0.15, 0.2) is 0 Å². The molecule has 0 amide bonds. The van der Waals surface area contributed by atoms with E-state index in [0.717, 1.165) is 12.0 Å². The predicted octanol–water partition coefficient (Wildman–Crippen LogP) is 2.69. The Labute approximate surface area is 90.2 Å². The zero-order valence-corrected chi connectivity index (χ0v) is 9.18. The number of hydrogen-bond acceptors (Lipinski definition) is 2. The average Bonchev–Trinajstić information content (AvgIpc) is 2.17. The first-order chi connectivity index (χ1) is 7.09. The van der Waals surface area contributed by atoms with E-state index >= 15 is 0 Å². The van der Waals surface area contributed by atoms with Gasteiger partial charge in [-0.2, -0.15) is 0 Å². The molecule has 0 radical (unpaired) electrons. The molecule has 82 valence electrons. The van der Waals surface area contributed by atoms with Crippen molar-refractivity contribution in [3.05, 3.63) is 30.1 Å². The molecule has 1 heterocycles. The number of carbonyl (C=O) groups is 1. The Balaban J connectivity index is 2.76. The molecule has 3 nitrogen and oxygen atoms in total. The maximum absolute atomic E-state index is 10.7. The number of hydrogen-bond donors (Lipinski definition) is 1. The summed E-state index contributed by atoms with van der Waals surface area (Å²) >= 11 is 0. The number of carboxylic acid groups (broad SMARTS) is 1. The normalized spacial score (nSPS) is 12.7. The van der Waals surface area contributed by atoms with Gasteiger partial charge in [-0.15, -0.1) is 0 Å². The fourth-order valence-corrected chi connectivity index (χ4v) is 1.73. The van der Waals surface area contributed by atoms with Gasteiger partial charge in [-0.1, -0.05) is 19.9 Å². The summed E-state index contributed by atoms with van der Waals surface area (Å²) in [6.07, 6.45) is 4.54. The molecule has 15 heavy (non-hydrogen) atoms. The first-order valence-corrected chi connectivity index (χ1v) is 5.21. The number of nitrogens with zero attached hydrogens (tertiary/aromatic N) is 1. The van der Waals surface area contributed by atoms with Crippen molar-refractivity contribution < 1.29 is 9.90 Å². The second-order valence-electron chi connectivity index (χ2n) is 4.21. The predicted molar refractivity (Wildman–Crippen MR) is 58.7 cm³/mol. The second-order valence-corrected chi connectivity index (χ2v) is 4.21. The minimum atomic E-state index is -0.746. The summed E-state index contributed by atoms with van der Waals surface area (Å²) in [6, 6.07) is 3.80. The fourth-order valence-electron chi connectivity index (χ4n) is 1.73. The molecule has 0 aliphatic carbocycles. The second kappa shape index (κ2) is 5.49. The molecule has 0 fully saturated rings. The number of pyridine rings is 1. The Morgan fingerprint density at radius 2 is 2.27 bits per heavy atom. The molecular formula is C12H17NO2. The van der Waals surface area contributed by atoms with Crippen LogP contribution in [-0.2, 0) is 4.79 Å². The average molecular weight is 207 g/mol. The molecule has 0 aliphatic rings. The largest absolute Gasteiger partial charge is 0.481 e. The van der Waals surface area contributed by atoms with E-state index in [-0.39, 0.29) is 12.3 Å². The molecule has 0 bridgehead atoms. The van der Waals surface area contributed by atoms with Gasteiger partial charge in [0.05, 0.1) is 6.42 Å². The van der Waals surface area contributed by atoms with Gasteiger partial charge in [0.25, 0.3) is 0 Å². The highest BCUT2D eigenvalue weighted by molar-refractivity contribution is 5.68. The topological polar surface area (TPSA) is 50.2 Å². The van der Waals surface area contributed by atoms with Crippen LogP contribution in [0.15, 0.2) is 24.5 Å². The molecule has 0 aliphatic heterocycles. The molecule has 1 aromatic heterocycles. The lowest BCUT2D eigenvalue weighted by Crippen LogP contribution is -2.09. The molecule has 0 unspecified atom stereocenters. The Morgan fingerprint density at radius 1 is 1.53 bits per heavy atom. The van der Waals surface area contributed by atoms with Crippen molar-refractivity contribution in [3.63, 3.8) is 0 Å². The van der Waals surface area contributed by atoms with E-state index in [2.05, 4.69) is 18.8 Å². The number of rotatable bonds is 5. The van der Waals surface area contributed by atoms with Crippen molar-refractivity contribution in [1.82, 2.24) is 4.98 Å². The van der Waals surface area contributed by atoms with E-state index in [1.807, 2.05) is 12.1 Å². The Kier molecular flexibility index (Phi) is 4.28. The van der Waals surface area contributed by atoms with Crippen LogP contribution in [-0.4, -0.2) is 16.1 Å². The van der Waals surface area contributed by atoms with E-state index in [9.17, 15) is 4.79 Å². The van der Waals surface area contributed by atoms with E-state index in [1.54, 1.807) is 12.4 Å². The summed E-state index contributed by atoms with van der Waals surface area (Å²) in [6.45, 7) is 4.20. The van der Waals surface area contributed by atoms with Gasteiger partial charge in [0.1, 0.15) is 0 Å². The van der Waals surface area contributed by atoms with Gasteiger partial charge >= 0.3 is 5.97 Å². The Hall–Kier alpha value is -1.38. The highest BCUT2D eigenvalue weighted by Gasteiger charge is 2.16. The SMILES string of the molecule is CC(C)C[C@H](CC(=O)O)c1cccnc1. The lowest BCUT2D eigenvalue weighted by Gasteiger charge is -2.16. The Morgan fingerprint density at radius 3 is 2.73 bits per heavy atom. The quantitative estimate of drug-likeness (QED) is 0.807. The van der Waals surface area contributed by atoms with E-state index in [4.69, 9.17) is 5.11 Å². The zero-order chi connectivity index (χ0) is 11.3. The van der Waals surface area contributed by atoms with Gasteiger partial charge in [-0.3, -0.25) is 9.78 Å². The third-order valence-corrected chi connectivity index (χ3v) is 2.33. The number of aliphatic carboxylic acids is 1. The maximum atomic E-state index is 10.7. The molecule has 0 saturated heterocycles. The van der Waals surface area contributed by atoms with Crippen LogP contribution in [0.2, 0.25) is 0 Å². The summed E-state index contributed by atoms with van der Waals surface area (Å²) in [7, 11) is 0. The minimum absolute atomic E-state index is 0.0798.